The number of hydrogen-bond acceptors (Lipinski definition) is 3. The maximum absolute atomic E-state index is 13.9. The first kappa shape index (κ1) is 19.2. The van der Waals surface area contributed by atoms with Crippen LogP contribution in [0.1, 0.15) is 6.92 Å². The summed E-state index contributed by atoms with van der Waals surface area (Å²) < 4.78 is 19.2. The molecule has 0 amide bonds. The Morgan fingerprint density at radius 2 is 1.92 bits per heavy atom. The lowest BCUT2D eigenvalue weighted by Crippen LogP contribution is -2.56. The third kappa shape index (κ3) is 4.30. The van der Waals surface area contributed by atoms with Gasteiger partial charge in [-0.1, -0.05) is 19.1 Å². The van der Waals surface area contributed by atoms with E-state index < -0.39 is 0 Å². The highest BCUT2D eigenvalue weighted by Crippen LogP contribution is 2.25. The molecule has 3 rings (SSSR count). The van der Waals surface area contributed by atoms with Gasteiger partial charge in [-0.05, 0) is 12.1 Å². The Labute approximate surface area is 160 Å². The molecule has 24 heavy (non-hydrogen) atoms. The third-order valence-corrected chi connectivity index (χ3v) is 4.56. The van der Waals surface area contributed by atoms with E-state index >= 15 is 0 Å². The molecule has 0 radical (unpaired) electrons. The van der Waals surface area contributed by atoms with Crippen molar-refractivity contribution < 1.29 is 9.13 Å². The van der Waals surface area contributed by atoms with Crippen LogP contribution >= 0.6 is 24.0 Å². The molecule has 0 bridgehead atoms. The smallest absolute Gasteiger partial charge is 0.193 e. The van der Waals surface area contributed by atoms with Gasteiger partial charge in [-0.2, -0.15) is 0 Å². The van der Waals surface area contributed by atoms with Gasteiger partial charge in [0.25, 0.3) is 0 Å². The van der Waals surface area contributed by atoms with Crippen molar-refractivity contribution in [2.75, 3.05) is 57.9 Å². The lowest BCUT2D eigenvalue weighted by atomic mass is 9.89. The van der Waals surface area contributed by atoms with Crippen molar-refractivity contribution in [2.24, 2.45) is 10.4 Å². The number of nitrogens with one attached hydrogen (secondary N) is 1. The number of benzene rings is 1. The number of piperazine rings is 1. The van der Waals surface area contributed by atoms with Gasteiger partial charge in [0.2, 0.25) is 0 Å². The van der Waals surface area contributed by atoms with Crippen molar-refractivity contribution in [3.8, 4) is 0 Å². The van der Waals surface area contributed by atoms with Crippen molar-refractivity contribution in [2.45, 2.75) is 6.92 Å². The largest absolute Gasteiger partial charge is 0.380 e. The third-order valence-electron chi connectivity index (χ3n) is 4.56. The fraction of sp³-hybridized carbons (Fsp3) is 0.588. The van der Waals surface area contributed by atoms with Crippen LogP contribution in [0.15, 0.2) is 29.3 Å². The molecule has 134 valence electrons. The first-order valence-corrected chi connectivity index (χ1v) is 8.14. The van der Waals surface area contributed by atoms with Gasteiger partial charge < -0.3 is 19.9 Å². The topological polar surface area (TPSA) is 40.1 Å². The molecule has 0 aromatic heterocycles. The van der Waals surface area contributed by atoms with Crippen LogP contribution in [0.4, 0.5) is 10.1 Å². The monoisotopic (exact) mass is 448 g/mol. The summed E-state index contributed by atoms with van der Waals surface area (Å²) >= 11 is 0. The molecule has 0 atom stereocenters. The predicted octanol–water partition coefficient (Wildman–Crippen LogP) is 2.18. The number of para-hydroxylation sites is 1. The maximum atomic E-state index is 13.9. The zero-order chi connectivity index (χ0) is 16.3. The molecule has 2 aliphatic heterocycles. The maximum Gasteiger partial charge on any atom is 0.193 e. The lowest BCUT2D eigenvalue weighted by Gasteiger charge is -2.41. The molecule has 0 unspecified atom stereocenters. The molecule has 1 aromatic rings. The Balaban J connectivity index is 0.00000208. The average Bonchev–Trinajstić information content (AvgIpc) is 2.55. The second kappa shape index (κ2) is 8.33. The van der Waals surface area contributed by atoms with Gasteiger partial charge in [-0.15, -0.1) is 24.0 Å². The molecule has 2 fully saturated rings. The van der Waals surface area contributed by atoms with Crippen LogP contribution in [0.25, 0.3) is 0 Å². The Morgan fingerprint density at radius 1 is 1.25 bits per heavy atom. The van der Waals surface area contributed by atoms with E-state index in [2.05, 4.69) is 27.0 Å². The molecule has 0 spiro atoms. The van der Waals surface area contributed by atoms with Crippen LogP contribution in [-0.2, 0) is 4.74 Å². The first-order chi connectivity index (χ1) is 11.1. The summed E-state index contributed by atoms with van der Waals surface area (Å²) in [5.74, 6) is 0.771. The molecule has 1 N–H and O–H groups in total. The average molecular weight is 448 g/mol. The highest BCUT2D eigenvalue weighted by Gasteiger charge is 2.34. The summed E-state index contributed by atoms with van der Waals surface area (Å²) in [5.41, 5.74) is 0.902. The van der Waals surface area contributed by atoms with Crippen LogP contribution in [0, 0.1) is 11.2 Å². The van der Waals surface area contributed by atoms with Crippen molar-refractivity contribution in [3.05, 3.63) is 30.1 Å². The van der Waals surface area contributed by atoms with Crippen LogP contribution in [0.5, 0.6) is 0 Å². The summed E-state index contributed by atoms with van der Waals surface area (Å²) in [6.45, 7) is 7.95. The standard InChI is InChI=1S/C17H25FN4O.HI/c1-17(12-23-13-17)11-20-16(19-2)22-9-7-21(8-10-22)15-6-4-3-5-14(15)18;/h3-6H,7-13H2,1-2H3,(H,19,20);1H. The number of hydrogen-bond donors (Lipinski definition) is 1. The first-order valence-electron chi connectivity index (χ1n) is 8.14. The van der Waals surface area contributed by atoms with E-state index in [1.54, 1.807) is 6.07 Å². The van der Waals surface area contributed by atoms with E-state index in [-0.39, 0.29) is 35.2 Å². The summed E-state index contributed by atoms with van der Waals surface area (Å²) in [7, 11) is 1.81. The fourth-order valence-electron chi connectivity index (χ4n) is 3.04. The second-order valence-corrected chi connectivity index (χ2v) is 6.63. The van der Waals surface area contributed by atoms with E-state index in [0.29, 0.717) is 5.69 Å². The zero-order valence-electron chi connectivity index (χ0n) is 14.3. The van der Waals surface area contributed by atoms with E-state index in [1.165, 1.54) is 6.07 Å². The Morgan fingerprint density at radius 3 is 2.46 bits per heavy atom. The predicted molar refractivity (Wildman–Crippen MR) is 106 cm³/mol. The van der Waals surface area contributed by atoms with Gasteiger partial charge in [0.15, 0.2) is 5.96 Å². The number of guanidine groups is 1. The molecule has 7 heteroatoms. The number of rotatable bonds is 3. The molecule has 2 aliphatic rings. The number of nitrogens with zero attached hydrogens (tertiary/aromatic N) is 3. The van der Waals surface area contributed by atoms with E-state index in [9.17, 15) is 4.39 Å². The number of aliphatic imine (C=N–C) groups is 1. The lowest BCUT2D eigenvalue weighted by molar-refractivity contribution is -0.0972. The van der Waals surface area contributed by atoms with Gasteiger partial charge in [-0.3, -0.25) is 4.99 Å². The minimum atomic E-state index is -0.152. The number of anilines is 1. The highest BCUT2D eigenvalue weighted by atomic mass is 127. The van der Waals surface area contributed by atoms with Gasteiger partial charge in [0, 0.05) is 45.2 Å². The molecular weight excluding hydrogens is 422 g/mol. The molecule has 2 heterocycles. The van der Waals surface area contributed by atoms with Crippen molar-refractivity contribution in [1.29, 1.82) is 0 Å². The summed E-state index contributed by atoms with van der Waals surface area (Å²) in [4.78, 5) is 8.72. The minimum absolute atomic E-state index is 0. The SMILES string of the molecule is CN=C(NCC1(C)COC1)N1CCN(c2ccccc2F)CC1.I. The quantitative estimate of drug-likeness (QED) is 0.437. The van der Waals surface area contributed by atoms with E-state index in [4.69, 9.17) is 4.74 Å². The Kier molecular flexibility index (Phi) is 6.68. The Hall–Kier alpha value is -1.09. The zero-order valence-corrected chi connectivity index (χ0v) is 16.6. The second-order valence-electron chi connectivity index (χ2n) is 6.63. The van der Waals surface area contributed by atoms with Crippen LogP contribution in [0.2, 0.25) is 0 Å². The summed E-state index contributed by atoms with van der Waals surface area (Å²) in [6.07, 6.45) is 0. The normalized spacial score (nSPS) is 20.2. The van der Waals surface area contributed by atoms with Crippen LogP contribution in [-0.4, -0.2) is 63.8 Å². The van der Waals surface area contributed by atoms with E-state index in [0.717, 1.165) is 51.9 Å². The van der Waals surface area contributed by atoms with Crippen molar-refractivity contribution >= 4 is 35.6 Å². The molecule has 0 aliphatic carbocycles. The van der Waals surface area contributed by atoms with Crippen LogP contribution < -0.4 is 10.2 Å². The van der Waals surface area contributed by atoms with Crippen molar-refractivity contribution in [1.82, 2.24) is 10.2 Å². The molecule has 5 nitrogen and oxygen atoms in total. The number of halogens is 2. The summed E-state index contributed by atoms with van der Waals surface area (Å²) in [5, 5.41) is 3.45. The van der Waals surface area contributed by atoms with Crippen LogP contribution in [0.3, 0.4) is 0 Å². The Bertz CT molecular complexity index is 571. The minimum Gasteiger partial charge on any atom is -0.380 e. The van der Waals surface area contributed by atoms with Gasteiger partial charge in [0.1, 0.15) is 5.82 Å². The molecule has 2 saturated heterocycles. The summed E-state index contributed by atoms with van der Waals surface area (Å²) in [6, 6.07) is 6.97. The van der Waals surface area contributed by atoms with Crippen molar-refractivity contribution in [3.63, 3.8) is 0 Å². The molecular formula is C17H26FIN4O. The van der Waals surface area contributed by atoms with Gasteiger partial charge >= 0.3 is 0 Å². The number of ether oxygens (including phenoxy) is 1. The van der Waals surface area contributed by atoms with Gasteiger partial charge in [0.05, 0.1) is 18.9 Å². The molecule has 0 saturated carbocycles. The fourth-order valence-corrected chi connectivity index (χ4v) is 3.04. The van der Waals surface area contributed by atoms with Gasteiger partial charge in [-0.25, -0.2) is 4.39 Å². The van der Waals surface area contributed by atoms with E-state index in [1.807, 2.05) is 19.2 Å². The molecule has 1 aromatic carbocycles. The highest BCUT2D eigenvalue weighted by molar-refractivity contribution is 14.0.